The lowest BCUT2D eigenvalue weighted by Crippen LogP contribution is -2.30. The number of amides is 1. The van der Waals surface area contributed by atoms with Gasteiger partial charge in [0.2, 0.25) is 0 Å². The Morgan fingerprint density at radius 3 is 2.90 bits per heavy atom. The first-order valence-electron chi connectivity index (χ1n) is 2.96. The summed E-state index contributed by atoms with van der Waals surface area (Å²) in [6.07, 6.45) is 2.94. The summed E-state index contributed by atoms with van der Waals surface area (Å²) in [6, 6.07) is -0.262. The molecule has 1 aliphatic heterocycles. The van der Waals surface area contributed by atoms with Crippen molar-refractivity contribution in [3.05, 3.63) is 11.8 Å². The van der Waals surface area contributed by atoms with E-state index in [1.165, 1.54) is 0 Å². The standard InChI is InChI=1S/C6H8N2O2/c7-6(10)5-2-1-4(3-9)8-5/h2-4,8H,1H2,(H2,7,10). The minimum absolute atomic E-state index is 0.262. The summed E-state index contributed by atoms with van der Waals surface area (Å²) < 4.78 is 0. The van der Waals surface area contributed by atoms with Crippen molar-refractivity contribution in [1.29, 1.82) is 0 Å². The normalized spacial score (nSPS) is 23.2. The summed E-state index contributed by atoms with van der Waals surface area (Å²) in [4.78, 5) is 20.6. The van der Waals surface area contributed by atoms with Crippen LogP contribution in [0.3, 0.4) is 0 Å². The zero-order valence-electron chi connectivity index (χ0n) is 5.33. The summed E-state index contributed by atoms with van der Waals surface area (Å²) >= 11 is 0. The molecule has 0 radical (unpaired) electrons. The molecular weight excluding hydrogens is 132 g/mol. The van der Waals surface area contributed by atoms with Crippen LogP contribution in [0.2, 0.25) is 0 Å². The quantitative estimate of drug-likeness (QED) is 0.479. The summed E-state index contributed by atoms with van der Waals surface area (Å²) in [5.74, 6) is -0.510. The van der Waals surface area contributed by atoms with Crippen molar-refractivity contribution in [3.63, 3.8) is 0 Å². The molecule has 0 bridgehead atoms. The van der Waals surface area contributed by atoms with Crippen molar-refractivity contribution >= 4 is 12.2 Å². The van der Waals surface area contributed by atoms with E-state index in [1.807, 2.05) is 0 Å². The van der Waals surface area contributed by atoms with E-state index < -0.39 is 5.91 Å². The number of nitrogens with one attached hydrogen (secondary N) is 1. The highest BCUT2D eigenvalue weighted by molar-refractivity contribution is 5.92. The highest BCUT2D eigenvalue weighted by atomic mass is 16.1. The van der Waals surface area contributed by atoms with Crippen molar-refractivity contribution in [1.82, 2.24) is 5.32 Å². The molecule has 0 aromatic carbocycles. The van der Waals surface area contributed by atoms with Crippen LogP contribution < -0.4 is 11.1 Å². The van der Waals surface area contributed by atoms with Gasteiger partial charge in [-0.05, 0) is 6.42 Å². The maximum Gasteiger partial charge on any atom is 0.264 e. The largest absolute Gasteiger partial charge is 0.371 e. The average Bonchev–Trinajstić information content (AvgIpc) is 2.34. The summed E-state index contributed by atoms with van der Waals surface area (Å²) in [7, 11) is 0. The highest BCUT2D eigenvalue weighted by Gasteiger charge is 2.17. The van der Waals surface area contributed by atoms with Crippen molar-refractivity contribution in [2.75, 3.05) is 0 Å². The van der Waals surface area contributed by atoms with E-state index in [-0.39, 0.29) is 6.04 Å². The number of primary amides is 1. The van der Waals surface area contributed by atoms with Crippen LogP contribution in [0, 0.1) is 0 Å². The van der Waals surface area contributed by atoms with Crippen molar-refractivity contribution in [3.8, 4) is 0 Å². The molecule has 1 aliphatic rings. The van der Waals surface area contributed by atoms with Crippen LogP contribution in [0.25, 0.3) is 0 Å². The first-order valence-corrected chi connectivity index (χ1v) is 2.96. The first kappa shape index (κ1) is 6.80. The molecule has 54 valence electrons. The molecule has 0 saturated heterocycles. The third-order valence-electron chi connectivity index (χ3n) is 1.35. The maximum atomic E-state index is 10.4. The van der Waals surface area contributed by atoms with Gasteiger partial charge in [0.1, 0.15) is 6.29 Å². The van der Waals surface area contributed by atoms with E-state index in [9.17, 15) is 9.59 Å². The summed E-state index contributed by atoms with van der Waals surface area (Å²) in [5, 5.41) is 2.66. The third kappa shape index (κ3) is 1.15. The molecule has 0 aliphatic carbocycles. The lowest BCUT2D eigenvalue weighted by Gasteiger charge is -2.02. The van der Waals surface area contributed by atoms with E-state index in [0.29, 0.717) is 12.1 Å². The Bertz CT molecular complexity index is 198. The monoisotopic (exact) mass is 140 g/mol. The van der Waals surface area contributed by atoms with Gasteiger partial charge in [0, 0.05) is 0 Å². The zero-order chi connectivity index (χ0) is 7.56. The molecule has 0 aromatic rings. The lowest BCUT2D eigenvalue weighted by atomic mass is 10.3. The van der Waals surface area contributed by atoms with Crippen molar-refractivity contribution in [2.24, 2.45) is 5.73 Å². The second-order valence-electron chi connectivity index (χ2n) is 2.10. The van der Waals surface area contributed by atoms with E-state index in [0.717, 1.165) is 6.29 Å². The van der Waals surface area contributed by atoms with E-state index >= 15 is 0 Å². The maximum absolute atomic E-state index is 10.4. The van der Waals surface area contributed by atoms with Gasteiger partial charge in [-0.25, -0.2) is 0 Å². The van der Waals surface area contributed by atoms with Crippen molar-refractivity contribution < 1.29 is 9.59 Å². The Kier molecular flexibility index (Phi) is 1.71. The second-order valence-corrected chi connectivity index (χ2v) is 2.10. The highest BCUT2D eigenvalue weighted by Crippen LogP contribution is 2.05. The second kappa shape index (κ2) is 2.51. The molecule has 1 atom stereocenters. The first-order chi connectivity index (χ1) is 4.74. The van der Waals surface area contributed by atoms with Gasteiger partial charge in [0.25, 0.3) is 5.91 Å². The zero-order valence-corrected chi connectivity index (χ0v) is 5.33. The molecule has 3 N–H and O–H groups in total. The molecule has 4 heteroatoms. The fourth-order valence-electron chi connectivity index (χ4n) is 0.824. The van der Waals surface area contributed by atoms with Gasteiger partial charge < -0.3 is 15.8 Å². The number of hydrogen-bond donors (Lipinski definition) is 2. The Labute approximate surface area is 58.1 Å². The van der Waals surface area contributed by atoms with Crippen LogP contribution in [0.5, 0.6) is 0 Å². The fraction of sp³-hybridized carbons (Fsp3) is 0.333. The van der Waals surface area contributed by atoms with E-state index in [2.05, 4.69) is 5.32 Å². The van der Waals surface area contributed by atoms with Crippen LogP contribution in [-0.2, 0) is 9.59 Å². The molecule has 4 nitrogen and oxygen atoms in total. The van der Waals surface area contributed by atoms with Gasteiger partial charge in [0.05, 0.1) is 11.7 Å². The van der Waals surface area contributed by atoms with Crippen LogP contribution in [0.15, 0.2) is 11.8 Å². The molecule has 1 heterocycles. The van der Waals surface area contributed by atoms with Gasteiger partial charge in [-0.1, -0.05) is 6.08 Å². The average molecular weight is 140 g/mol. The Balaban J connectivity index is 2.54. The number of hydrogen-bond acceptors (Lipinski definition) is 3. The summed E-state index contributed by atoms with van der Waals surface area (Å²) in [5.41, 5.74) is 5.27. The predicted molar refractivity (Wildman–Crippen MR) is 34.9 cm³/mol. The third-order valence-corrected chi connectivity index (χ3v) is 1.35. The topological polar surface area (TPSA) is 72.2 Å². The van der Waals surface area contributed by atoms with Crippen LogP contribution in [0.1, 0.15) is 6.42 Å². The molecule has 0 fully saturated rings. The number of carbonyl (C=O) groups is 2. The van der Waals surface area contributed by atoms with Crippen LogP contribution >= 0.6 is 0 Å². The number of nitrogens with two attached hydrogens (primary N) is 1. The predicted octanol–water partition coefficient (Wildman–Crippen LogP) is -1.08. The van der Waals surface area contributed by atoms with Gasteiger partial charge in [-0.2, -0.15) is 0 Å². The van der Waals surface area contributed by atoms with Crippen LogP contribution in [0.4, 0.5) is 0 Å². The molecule has 10 heavy (non-hydrogen) atoms. The molecule has 0 aromatic heterocycles. The van der Waals surface area contributed by atoms with Crippen LogP contribution in [-0.4, -0.2) is 18.2 Å². The molecule has 1 unspecified atom stereocenters. The SMILES string of the molecule is NC(=O)C1=CCC(C=O)N1. The van der Waals surface area contributed by atoms with Gasteiger partial charge in [-0.15, -0.1) is 0 Å². The van der Waals surface area contributed by atoms with Gasteiger partial charge in [0.15, 0.2) is 0 Å². The Morgan fingerprint density at radius 2 is 2.60 bits per heavy atom. The van der Waals surface area contributed by atoms with E-state index in [4.69, 9.17) is 5.73 Å². The minimum Gasteiger partial charge on any atom is -0.371 e. The molecule has 0 saturated carbocycles. The number of rotatable bonds is 2. The lowest BCUT2D eigenvalue weighted by molar-refractivity contribution is -0.114. The molecule has 1 amide bonds. The molecule has 0 spiro atoms. The molecule has 1 rings (SSSR count). The summed E-state index contributed by atoms with van der Waals surface area (Å²) in [6.45, 7) is 0. The smallest absolute Gasteiger partial charge is 0.264 e. The van der Waals surface area contributed by atoms with Crippen molar-refractivity contribution in [2.45, 2.75) is 12.5 Å². The fourth-order valence-corrected chi connectivity index (χ4v) is 0.824. The number of carbonyl (C=O) groups excluding carboxylic acids is 2. The van der Waals surface area contributed by atoms with Gasteiger partial charge in [-0.3, -0.25) is 4.79 Å². The Morgan fingerprint density at radius 1 is 1.90 bits per heavy atom. The van der Waals surface area contributed by atoms with E-state index in [1.54, 1.807) is 6.08 Å². The number of aldehydes is 1. The van der Waals surface area contributed by atoms with Gasteiger partial charge >= 0.3 is 0 Å². The minimum atomic E-state index is -0.510. The Hall–Kier alpha value is -1.32. The molecular formula is C6H8N2O2.